The zero-order valence-corrected chi connectivity index (χ0v) is 19.6. The van der Waals surface area contributed by atoms with Crippen molar-refractivity contribution in [3.8, 4) is 11.3 Å². The third kappa shape index (κ3) is 4.65. The second-order valence-corrected chi connectivity index (χ2v) is 15.4. The van der Waals surface area contributed by atoms with Crippen molar-refractivity contribution in [3.05, 3.63) is 47.2 Å². The molecule has 0 aliphatic heterocycles. The first-order valence-electron chi connectivity index (χ1n) is 9.95. The first kappa shape index (κ1) is 20.9. The minimum absolute atomic E-state index is 0.167. The van der Waals surface area contributed by atoms with Crippen LogP contribution in [0.4, 0.5) is 0 Å². The van der Waals surface area contributed by atoms with Crippen LogP contribution in [0.5, 0.6) is 0 Å². The number of pyridine rings is 1. The van der Waals surface area contributed by atoms with Crippen molar-refractivity contribution in [1.82, 2.24) is 0 Å². The molecule has 0 atom stereocenters. The van der Waals surface area contributed by atoms with Gasteiger partial charge >= 0.3 is 0 Å². The van der Waals surface area contributed by atoms with E-state index < -0.39 is 8.07 Å². The summed E-state index contributed by atoms with van der Waals surface area (Å²) < 4.78 is 2.35. The Labute approximate surface area is 162 Å². The van der Waals surface area contributed by atoms with Crippen molar-refractivity contribution in [2.24, 2.45) is 13.0 Å². The van der Waals surface area contributed by atoms with Crippen molar-refractivity contribution >= 4 is 13.3 Å². The SMILES string of the molecule is Cc1ccc(C(C)(C)C)cc1-c1cc(CC(C)C)c([Si](C)(C)C)c[n+]1C. The first-order chi connectivity index (χ1) is 11.8. The molecule has 0 aliphatic carbocycles. The fraction of sp³-hybridized carbons (Fsp3) is 0.542. The third-order valence-electron chi connectivity index (χ3n) is 5.18. The van der Waals surface area contributed by atoms with Gasteiger partial charge in [0.15, 0.2) is 6.20 Å². The molecule has 0 spiro atoms. The van der Waals surface area contributed by atoms with E-state index in [2.05, 4.69) is 103 Å². The summed E-state index contributed by atoms with van der Waals surface area (Å²) in [6, 6.07) is 9.44. The van der Waals surface area contributed by atoms with E-state index in [1.54, 1.807) is 10.8 Å². The van der Waals surface area contributed by atoms with Crippen LogP contribution < -0.4 is 9.75 Å². The summed E-state index contributed by atoms with van der Waals surface area (Å²) in [7, 11) is 0.834. The highest BCUT2D eigenvalue weighted by atomic mass is 28.3. The van der Waals surface area contributed by atoms with E-state index in [0.29, 0.717) is 5.92 Å². The van der Waals surface area contributed by atoms with Gasteiger partial charge in [0.05, 0.1) is 8.07 Å². The molecule has 0 aliphatic rings. The highest BCUT2D eigenvalue weighted by molar-refractivity contribution is 6.88. The van der Waals surface area contributed by atoms with Gasteiger partial charge in [0.2, 0.25) is 5.69 Å². The molecule has 0 saturated heterocycles. The predicted molar refractivity (Wildman–Crippen MR) is 118 cm³/mol. The van der Waals surface area contributed by atoms with Crippen molar-refractivity contribution < 1.29 is 4.57 Å². The molecule has 142 valence electrons. The molecule has 0 fully saturated rings. The number of nitrogens with zero attached hydrogens (tertiary/aromatic N) is 1. The van der Waals surface area contributed by atoms with Crippen molar-refractivity contribution in [3.63, 3.8) is 0 Å². The van der Waals surface area contributed by atoms with Crippen molar-refractivity contribution in [2.75, 3.05) is 0 Å². The Morgan fingerprint density at radius 3 is 2.15 bits per heavy atom. The van der Waals surface area contributed by atoms with Gasteiger partial charge in [-0.05, 0) is 47.4 Å². The standard InChI is InChI=1S/C24H38NSi/c1-17(2)13-19-14-22(25(7)16-23(19)26(8,9)10)21-15-20(24(4,5)6)12-11-18(21)3/h11-12,14-17H,13H2,1-10H3/q+1. The molecule has 1 heterocycles. The van der Waals surface area contributed by atoms with Crippen LogP contribution in [0, 0.1) is 12.8 Å². The number of hydrogen-bond acceptors (Lipinski definition) is 0. The van der Waals surface area contributed by atoms with Crippen molar-refractivity contribution in [1.29, 1.82) is 0 Å². The summed E-state index contributed by atoms with van der Waals surface area (Å²) in [5.74, 6) is 0.674. The minimum atomic E-state index is -1.38. The third-order valence-corrected chi connectivity index (χ3v) is 7.24. The van der Waals surface area contributed by atoms with Crippen LogP contribution in [-0.4, -0.2) is 8.07 Å². The lowest BCUT2D eigenvalue weighted by Crippen LogP contribution is -2.47. The molecule has 2 aromatic rings. The Bertz CT molecular complexity index is 789. The van der Waals surface area contributed by atoms with Gasteiger partial charge < -0.3 is 0 Å². The van der Waals surface area contributed by atoms with E-state index in [9.17, 15) is 0 Å². The lowest BCUT2D eigenvalue weighted by Gasteiger charge is -2.23. The van der Waals surface area contributed by atoms with Gasteiger partial charge in [-0.1, -0.05) is 66.4 Å². The second kappa shape index (κ2) is 7.30. The summed E-state index contributed by atoms with van der Waals surface area (Å²) in [6.07, 6.45) is 3.58. The molecular weight excluding hydrogens is 330 g/mol. The topological polar surface area (TPSA) is 3.88 Å². The lowest BCUT2D eigenvalue weighted by molar-refractivity contribution is -0.659. The van der Waals surface area contributed by atoms with Gasteiger partial charge in [0, 0.05) is 16.8 Å². The van der Waals surface area contributed by atoms with Gasteiger partial charge in [-0.2, -0.15) is 0 Å². The Hall–Kier alpha value is -1.41. The van der Waals surface area contributed by atoms with Gasteiger partial charge in [-0.15, -0.1) is 0 Å². The molecule has 0 radical (unpaired) electrons. The second-order valence-electron chi connectivity index (χ2n) is 10.3. The zero-order chi connectivity index (χ0) is 19.9. The van der Waals surface area contributed by atoms with E-state index in [1.807, 2.05) is 0 Å². The summed E-state index contributed by atoms with van der Waals surface area (Å²) >= 11 is 0. The Morgan fingerprint density at radius 1 is 1.04 bits per heavy atom. The summed E-state index contributed by atoms with van der Waals surface area (Å²) in [5, 5.41) is 1.60. The average Bonchev–Trinajstić information content (AvgIpc) is 2.46. The zero-order valence-electron chi connectivity index (χ0n) is 18.6. The number of aromatic nitrogens is 1. The van der Waals surface area contributed by atoms with Crippen LogP contribution in [0.1, 0.15) is 51.3 Å². The van der Waals surface area contributed by atoms with Crippen LogP contribution in [-0.2, 0) is 18.9 Å². The molecule has 2 heteroatoms. The Balaban J connectivity index is 2.71. The maximum absolute atomic E-state index is 2.47. The fourth-order valence-corrected chi connectivity index (χ4v) is 5.33. The van der Waals surface area contributed by atoms with Crippen molar-refractivity contribution in [2.45, 2.75) is 73.0 Å². The number of benzene rings is 1. The van der Waals surface area contributed by atoms with E-state index in [1.165, 1.54) is 22.4 Å². The highest BCUT2D eigenvalue weighted by Crippen LogP contribution is 2.29. The van der Waals surface area contributed by atoms with Gasteiger partial charge in [-0.3, -0.25) is 0 Å². The molecule has 1 aromatic carbocycles. The molecule has 0 N–H and O–H groups in total. The Kier molecular flexibility index (Phi) is 5.87. The van der Waals surface area contributed by atoms with E-state index in [0.717, 1.165) is 6.42 Å². The summed E-state index contributed by atoms with van der Waals surface area (Å²) in [4.78, 5) is 0. The van der Waals surface area contributed by atoms with E-state index >= 15 is 0 Å². The maximum Gasteiger partial charge on any atom is 0.212 e. The molecule has 0 unspecified atom stereocenters. The quantitative estimate of drug-likeness (QED) is 0.493. The van der Waals surface area contributed by atoms with Crippen LogP contribution in [0.25, 0.3) is 11.3 Å². The average molecular weight is 369 g/mol. The van der Waals surface area contributed by atoms with Gasteiger partial charge in [0.1, 0.15) is 7.05 Å². The van der Waals surface area contributed by atoms with Gasteiger partial charge in [-0.25, -0.2) is 4.57 Å². The molecule has 0 saturated carbocycles. The minimum Gasteiger partial charge on any atom is -0.201 e. The molecule has 0 amide bonds. The molecule has 0 bridgehead atoms. The van der Waals surface area contributed by atoms with Crippen LogP contribution in [0.3, 0.4) is 0 Å². The molecular formula is C24H38NSi+. The predicted octanol–water partition coefficient (Wildman–Crippen LogP) is 5.53. The van der Waals surface area contributed by atoms with Crippen LogP contribution >= 0.6 is 0 Å². The summed E-state index contributed by atoms with van der Waals surface area (Å²) in [5.41, 5.74) is 7.17. The van der Waals surface area contributed by atoms with Crippen LogP contribution in [0.15, 0.2) is 30.5 Å². The molecule has 1 aromatic heterocycles. The van der Waals surface area contributed by atoms with Crippen LogP contribution in [0.2, 0.25) is 19.6 Å². The number of hydrogen-bond donors (Lipinski definition) is 0. The lowest BCUT2D eigenvalue weighted by atomic mass is 9.84. The number of rotatable bonds is 4. The molecule has 2 rings (SSSR count). The fourth-order valence-electron chi connectivity index (χ4n) is 3.61. The van der Waals surface area contributed by atoms with E-state index in [4.69, 9.17) is 0 Å². The highest BCUT2D eigenvalue weighted by Gasteiger charge is 2.27. The summed E-state index contributed by atoms with van der Waals surface area (Å²) in [6.45, 7) is 21.1. The maximum atomic E-state index is 2.47. The number of aryl methyl sites for hydroxylation is 2. The monoisotopic (exact) mass is 368 g/mol. The largest absolute Gasteiger partial charge is 0.212 e. The van der Waals surface area contributed by atoms with Gasteiger partial charge in [0.25, 0.3) is 0 Å². The first-order valence-corrected chi connectivity index (χ1v) is 13.4. The van der Waals surface area contributed by atoms with E-state index in [-0.39, 0.29) is 5.41 Å². The smallest absolute Gasteiger partial charge is 0.201 e. The Morgan fingerprint density at radius 2 is 1.65 bits per heavy atom. The molecule has 1 nitrogen and oxygen atoms in total. The molecule has 26 heavy (non-hydrogen) atoms. The normalized spacial score (nSPS) is 12.7.